The molecule has 0 saturated heterocycles. The van der Waals surface area contributed by atoms with E-state index in [1.165, 1.54) is 11.9 Å². The molecule has 0 aliphatic rings. The van der Waals surface area contributed by atoms with Crippen LogP contribution in [0.25, 0.3) is 10.9 Å². The molecule has 3 aromatic rings. The molecule has 1 amide bonds. The lowest BCUT2D eigenvalue weighted by molar-refractivity contribution is 0.0947. The Morgan fingerprint density at radius 3 is 3.10 bits per heavy atom. The molecule has 20 heavy (non-hydrogen) atoms. The first-order chi connectivity index (χ1) is 9.78. The summed E-state index contributed by atoms with van der Waals surface area (Å²) < 4.78 is 1.37. The van der Waals surface area contributed by atoms with Crippen molar-refractivity contribution >= 4 is 31.9 Å². The Kier molecular flexibility index (Phi) is 3.24. The van der Waals surface area contributed by atoms with Gasteiger partial charge in [-0.1, -0.05) is 23.4 Å². The molecule has 0 unspecified atom stereocenters. The molecular weight excluding hydrogens is 254 g/mol. The zero-order valence-corrected chi connectivity index (χ0v) is 10.4. The third-order valence-corrected chi connectivity index (χ3v) is 2.83. The molecule has 3 radical (unpaired) electrons. The summed E-state index contributed by atoms with van der Waals surface area (Å²) in [7, 11) is 6.57. The van der Waals surface area contributed by atoms with Gasteiger partial charge in [-0.25, -0.2) is 0 Å². The van der Waals surface area contributed by atoms with Gasteiger partial charge < -0.3 is 9.91 Å². The summed E-state index contributed by atoms with van der Waals surface area (Å²) >= 11 is 0. The van der Waals surface area contributed by atoms with E-state index >= 15 is 0 Å². The summed E-state index contributed by atoms with van der Waals surface area (Å²) in [5.74, 6) is -0.270. The number of hydrogen-bond donors (Lipinski definition) is 2. The molecular formula is C11H9B2N6O. The Morgan fingerprint density at radius 1 is 1.45 bits per heavy atom. The Hall–Kier alpha value is -2.57. The van der Waals surface area contributed by atoms with Gasteiger partial charge in [0.25, 0.3) is 5.91 Å². The lowest BCUT2D eigenvalue weighted by Crippen LogP contribution is -2.23. The van der Waals surface area contributed by atoms with E-state index in [2.05, 4.69) is 25.8 Å². The second-order valence-corrected chi connectivity index (χ2v) is 4.14. The summed E-state index contributed by atoms with van der Waals surface area (Å²) in [5.41, 5.74) is 1.79. The number of carbonyl (C=O) groups excluding carboxylic acids is 1. The number of carbonyl (C=O) groups is 1. The number of nitrogens with zero attached hydrogens (tertiary/aromatic N) is 4. The maximum absolute atomic E-state index is 12.1. The summed E-state index contributed by atoms with van der Waals surface area (Å²) in [4.78, 5) is 12.1. The van der Waals surface area contributed by atoms with Crippen molar-refractivity contribution < 1.29 is 4.79 Å². The van der Waals surface area contributed by atoms with Gasteiger partial charge in [0.05, 0.1) is 12.1 Å². The normalized spacial score (nSPS) is 10.6. The summed E-state index contributed by atoms with van der Waals surface area (Å²) in [6, 6.07) is 7.44. The minimum atomic E-state index is -0.270. The van der Waals surface area contributed by atoms with Crippen LogP contribution in [0.4, 0.5) is 0 Å². The summed E-state index contributed by atoms with van der Waals surface area (Å²) in [6.45, 7) is 0.258. The van der Waals surface area contributed by atoms with Gasteiger partial charge in [-0.2, -0.15) is 5.10 Å². The van der Waals surface area contributed by atoms with E-state index in [9.17, 15) is 4.79 Å². The van der Waals surface area contributed by atoms with E-state index in [0.717, 1.165) is 10.9 Å². The van der Waals surface area contributed by atoms with E-state index in [1.807, 2.05) is 24.3 Å². The molecule has 0 spiro atoms. The topological polar surface area (TPSA) is 88.5 Å². The van der Waals surface area contributed by atoms with Gasteiger partial charge in [0.1, 0.15) is 5.69 Å². The van der Waals surface area contributed by atoms with E-state index in [1.54, 1.807) is 6.20 Å². The smallest absolute Gasteiger partial charge is 0.272 e. The fraction of sp³-hybridized carbons (Fsp3) is 0.0909. The predicted molar refractivity (Wildman–Crippen MR) is 74.2 cm³/mol. The van der Waals surface area contributed by atoms with Crippen molar-refractivity contribution in [2.75, 3.05) is 0 Å². The highest BCUT2D eigenvalue weighted by molar-refractivity contribution is 6.88. The van der Waals surface area contributed by atoms with Crippen LogP contribution in [0.15, 0.2) is 30.5 Å². The number of H-pyrrole nitrogens is 1. The van der Waals surface area contributed by atoms with Crippen molar-refractivity contribution in [1.82, 2.24) is 30.4 Å². The molecule has 95 valence electrons. The Bertz CT molecular complexity index is 752. The number of para-hydroxylation sites is 1. The van der Waals surface area contributed by atoms with Crippen LogP contribution in [0.5, 0.6) is 0 Å². The van der Waals surface area contributed by atoms with Gasteiger partial charge in [0, 0.05) is 19.3 Å². The molecule has 0 atom stereocenters. The lowest BCUT2D eigenvalue weighted by Gasteiger charge is -2.00. The average molecular weight is 263 g/mol. The minimum absolute atomic E-state index is 0.258. The first-order valence-corrected chi connectivity index (χ1v) is 5.95. The van der Waals surface area contributed by atoms with Gasteiger partial charge in [0.15, 0.2) is 5.69 Å². The van der Waals surface area contributed by atoms with Crippen LogP contribution < -0.4 is 5.32 Å². The van der Waals surface area contributed by atoms with Crippen LogP contribution in [-0.2, 0) is 6.54 Å². The maximum Gasteiger partial charge on any atom is 0.272 e. The number of aromatic nitrogens is 5. The zero-order valence-electron chi connectivity index (χ0n) is 10.4. The maximum atomic E-state index is 12.1. The van der Waals surface area contributed by atoms with Crippen molar-refractivity contribution in [3.63, 3.8) is 0 Å². The Balaban J connectivity index is 1.73. The summed E-state index contributed by atoms with van der Waals surface area (Å²) in [5, 5.41) is 18.0. The third kappa shape index (κ3) is 2.29. The van der Waals surface area contributed by atoms with Crippen LogP contribution in [0.1, 0.15) is 16.2 Å². The number of hydrogen-bond acceptors (Lipinski definition) is 4. The fourth-order valence-electron chi connectivity index (χ4n) is 1.86. The molecule has 7 nitrogen and oxygen atoms in total. The van der Waals surface area contributed by atoms with Crippen LogP contribution in [0, 0.1) is 0 Å². The van der Waals surface area contributed by atoms with E-state index in [0.29, 0.717) is 11.4 Å². The number of aromatic amines is 1. The molecule has 0 aliphatic heterocycles. The average Bonchev–Trinajstić information content (AvgIpc) is 3.11. The van der Waals surface area contributed by atoms with Crippen LogP contribution in [0.2, 0.25) is 0 Å². The highest BCUT2D eigenvalue weighted by Crippen LogP contribution is 2.14. The lowest BCUT2D eigenvalue weighted by atomic mass is 9.67. The number of benzene rings is 1. The number of rotatable bonds is 4. The second kappa shape index (κ2) is 5.20. The van der Waals surface area contributed by atoms with Gasteiger partial charge in [-0.15, -0.1) is 5.10 Å². The van der Waals surface area contributed by atoms with Crippen molar-refractivity contribution in [3.8, 4) is 0 Å². The van der Waals surface area contributed by atoms with Crippen molar-refractivity contribution in [1.29, 1.82) is 0 Å². The van der Waals surface area contributed by atoms with Gasteiger partial charge in [0.2, 0.25) is 7.31 Å². The summed E-state index contributed by atoms with van der Waals surface area (Å²) in [6.07, 6.45) is 1.63. The van der Waals surface area contributed by atoms with E-state index in [4.69, 9.17) is 7.74 Å². The second-order valence-electron chi connectivity index (χ2n) is 4.14. The highest BCUT2D eigenvalue weighted by Gasteiger charge is 2.13. The highest BCUT2D eigenvalue weighted by atomic mass is 16.1. The fourth-order valence-corrected chi connectivity index (χ4v) is 1.86. The third-order valence-electron chi connectivity index (χ3n) is 2.83. The molecule has 0 bridgehead atoms. The molecule has 0 saturated carbocycles. The van der Waals surface area contributed by atoms with E-state index < -0.39 is 0 Å². The van der Waals surface area contributed by atoms with Crippen LogP contribution in [-0.4, -0.2) is 46.1 Å². The first kappa shape index (κ1) is 12.5. The molecule has 9 heteroatoms. The van der Waals surface area contributed by atoms with Gasteiger partial charge in [-0.05, 0) is 6.07 Å². The Labute approximate surface area is 116 Å². The number of nitrogens with one attached hydrogen (secondary N) is 2. The van der Waals surface area contributed by atoms with Crippen molar-refractivity contribution in [2.24, 2.45) is 0 Å². The predicted octanol–water partition coefficient (Wildman–Crippen LogP) is -0.365. The quantitative estimate of drug-likeness (QED) is 0.629. The molecule has 0 fully saturated rings. The minimum Gasteiger partial charge on any atom is -0.345 e. The largest absolute Gasteiger partial charge is 0.345 e. The number of fused-ring (bicyclic) bond motifs is 1. The molecule has 1 aromatic carbocycles. The monoisotopic (exact) mass is 263 g/mol. The molecule has 2 heterocycles. The van der Waals surface area contributed by atoms with Crippen LogP contribution >= 0.6 is 0 Å². The van der Waals surface area contributed by atoms with E-state index in [-0.39, 0.29) is 12.5 Å². The van der Waals surface area contributed by atoms with Crippen LogP contribution in [0.3, 0.4) is 0 Å². The number of amides is 1. The molecule has 3 rings (SSSR count). The SMILES string of the molecule is [B][B]n1cc(CNC(=O)c2n[nH]c3ccccc23)nn1. The van der Waals surface area contributed by atoms with Crippen molar-refractivity contribution in [3.05, 3.63) is 41.9 Å². The standard InChI is InChI=1S/C11H9B2N6O/c12-13-19-6-7(15-18-19)5-14-11(20)10-8-3-1-2-4-9(8)16-17-10/h1-4,6H,5H2,(H,14,20)(H,16,17). The Morgan fingerprint density at radius 2 is 2.30 bits per heavy atom. The first-order valence-electron chi connectivity index (χ1n) is 5.95. The van der Waals surface area contributed by atoms with Crippen molar-refractivity contribution in [2.45, 2.75) is 6.54 Å². The molecule has 2 N–H and O–H groups in total. The molecule has 0 aliphatic carbocycles. The zero-order chi connectivity index (χ0) is 13.9. The van der Waals surface area contributed by atoms with Gasteiger partial charge in [-0.3, -0.25) is 9.89 Å². The van der Waals surface area contributed by atoms with Gasteiger partial charge >= 0.3 is 0 Å². The molecule has 2 aromatic heterocycles.